The van der Waals surface area contributed by atoms with Gasteiger partial charge in [0.05, 0.1) is 4.90 Å². The second-order valence-electron chi connectivity index (χ2n) is 6.78. The van der Waals surface area contributed by atoms with Gasteiger partial charge in [0.15, 0.2) is 5.82 Å². The number of sulfone groups is 1. The van der Waals surface area contributed by atoms with Crippen molar-refractivity contribution in [3.63, 3.8) is 0 Å². The van der Waals surface area contributed by atoms with Crippen molar-refractivity contribution in [1.29, 1.82) is 0 Å². The quantitative estimate of drug-likeness (QED) is 0.722. The van der Waals surface area contributed by atoms with Gasteiger partial charge < -0.3 is 14.2 Å². The smallest absolute Gasteiger partial charge is 0.388 e. The van der Waals surface area contributed by atoms with Gasteiger partial charge in [-0.25, -0.2) is 22.6 Å². The Morgan fingerprint density at radius 1 is 1.33 bits per heavy atom. The van der Waals surface area contributed by atoms with E-state index in [9.17, 15) is 22.0 Å². The number of hydrogen-bond donors (Lipinski definition) is 1. The summed E-state index contributed by atoms with van der Waals surface area (Å²) < 4.78 is 74.2. The fourth-order valence-electron chi connectivity index (χ4n) is 3.20. The third kappa shape index (κ3) is 4.50. The number of carbonyl (C=O) groups is 1. The van der Waals surface area contributed by atoms with Crippen LogP contribution in [0.3, 0.4) is 0 Å². The van der Waals surface area contributed by atoms with Gasteiger partial charge in [-0.15, -0.1) is 0 Å². The number of halogens is 3. The summed E-state index contributed by atoms with van der Waals surface area (Å²) in [6.45, 7) is -1.87. The van der Waals surface area contributed by atoms with Gasteiger partial charge in [-0.1, -0.05) is 5.16 Å². The highest BCUT2D eigenvalue weighted by Crippen LogP contribution is 2.39. The Bertz CT molecular complexity index is 960. The molecule has 1 fully saturated rings. The van der Waals surface area contributed by atoms with Crippen LogP contribution in [0, 0.1) is 5.92 Å². The van der Waals surface area contributed by atoms with Crippen molar-refractivity contribution in [2.45, 2.75) is 36.3 Å². The van der Waals surface area contributed by atoms with Crippen LogP contribution in [0.1, 0.15) is 19.8 Å². The van der Waals surface area contributed by atoms with E-state index in [-0.39, 0.29) is 31.7 Å². The number of nitrogens with one attached hydrogen (secondary N) is 1. The van der Waals surface area contributed by atoms with E-state index in [1.165, 1.54) is 17.2 Å². The fourth-order valence-corrected chi connectivity index (χ4v) is 4.77. The molecule has 3 rings (SSSR count). The van der Waals surface area contributed by atoms with Gasteiger partial charge in [-0.2, -0.15) is 8.78 Å². The van der Waals surface area contributed by atoms with Crippen molar-refractivity contribution in [2.75, 3.05) is 18.4 Å². The molecule has 1 unspecified atom stereocenters. The molecule has 1 N–H and O–H groups in total. The molecule has 1 aliphatic heterocycles. The Balaban J connectivity index is 1.65. The summed E-state index contributed by atoms with van der Waals surface area (Å²) in [6, 6.07) is 2.91. The van der Waals surface area contributed by atoms with Crippen LogP contribution in [0.25, 0.3) is 0 Å². The number of hydrogen-bond acceptors (Lipinski definition) is 7. The first-order valence-electron chi connectivity index (χ1n) is 8.92. The number of likely N-dealkylation sites (tertiary alicyclic amines) is 1. The summed E-state index contributed by atoms with van der Waals surface area (Å²) in [6.07, 6.45) is 2.30. The molecule has 0 saturated carbocycles. The van der Waals surface area contributed by atoms with Crippen LogP contribution >= 0.6 is 0 Å². The summed E-state index contributed by atoms with van der Waals surface area (Å²) in [5.41, 5.74) is 0. The Labute approximate surface area is 170 Å². The zero-order valence-corrected chi connectivity index (χ0v) is 16.6. The average molecular weight is 448 g/mol. The zero-order chi connectivity index (χ0) is 21.9. The number of amides is 2. The highest BCUT2D eigenvalue weighted by molar-refractivity contribution is 7.92. The van der Waals surface area contributed by atoms with Crippen molar-refractivity contribution in [3.05, 3.63) is 30.7 Å². The molecule has 164 valence electrons. The number of anilines is 1. The summed E-state index contributed by atoms with van der Waals surface area (Å²) in [7, 11) is -4.48. The molecule has 3 heterocycles. The maximum atomic E-state index is 15.5. The minimum absolute atomic E-state index is 0.110. The summed E-state index contributed by atoms with van der Waals surface area (Å²) in [5, 5.41) is 3.44. The van der Waals surface area contributed by atoms with E-state index in [2.05, 4.69) is 24.7 Å². The predicted molar refractivity (Wildman–Crippen MR) is 97.4 cm³/mol. The first kappa shape index (κ1) is 21.9. The van der Waals surface area contributed by atoms with Crippen molar-refractivity contribution < 1.29 is 35.6 Å². The van der Waals surface area contributed by atoms with E-state index in [1.807, 2.05) is 0 Å². The minimum Gasteiger partial charge on any atom is -0.417 e. The largest absolute Gasteiger partial charge is 0.417 e. The van der Waals surface area contributed by atoms with Crippen LogP contribution < -0.4 is 10.1 Å². The maximum absolute atomic E-state index is 15.5. The standard InChI is InChI=1S/C17H19F3N4O5S/c1-17(20,30(26,27)12-2-3-14(21-10-12)29-15(18)19)11-4-7-24(8-5-11)16(25)22-13-6-9-28-23-13/h2-3,6,9-11,15H,4-5,7-8H2,1H3,(H,22,23,25). The van der Waals surface area contributed by atoms with Gasteiger partial charge in [0, 0.05) is 37.3 Å². The highest BCUT2D eigenvalue weighted by Gasteiger charge is 2.48. The second kappa shape index (κ2) is 8.50. The summed E-state index contributed by atoms with van der Waals surface area (Å²) >= 11 is 0. The van der Waals surface area contributed by atoms with Crippen molar-refractivity contribution in [2.24, 2.45) is 5.92 Å². The molecule has 2 aromatic rings. The van der Waals surface area contributed by atoms with Crippen LogP contribution in [0.15, 0.2) is 40.1 Å². The van der Waals surface area contributed by atoms with Crippen LogP contribution in [0.4, 0.5) is 23.8 Å². The van der Waals surface area contributed by atoms with Crippen LogP contribution in [-0.4, -0.2) is 54.2 Å². The molecule has 2 amide bonds. The van der Waals surface area contributed by atoms with Crippen LogP contribution in [0.5, 0.6) is 5.88 Å². The zero-order valence-electron chi connectivity index (χ0n) is 15.8. The van der Waals surface area contributed by atoms with E-state index in [0.717, 1.165) is 25.3 Å². The van der Waals surface area contributed by atoms with E-state index < -0.39 is 44.2 Å². The number of ether oxygens (including phenoxy) is 1. The molecular weight excluding hydrogens is 429 g/mol. The normalized spacial score (nSPS) is 17.6. The first-order valence-corrected chi connectivity index (χ1v) is 10.4. The third-order valence-electron chi connectivity index (χ3n) is 4.94. The molecule has 0 aliphatic carbocycles. The van der Waals surface area contributed by atoms with E-state index >= 15 is 4.39 Å². The van der Waals surface area contributed by atoms with Gasteiger partial charge in [0.25, 0.3) is 0 Å². The number of urea groups is 1. The molecule has 0 aromatic carbocycles. The van der Waals surface area contributed by atoms with Gasteiger partial charge in [-0.3, -0.25) is 5.32 Å². The first-order chi connectivity index (χ1) is 14.1. The van der Waals surface area contributed by atoms with Gasteiger partial charge in [0.1, 0.15) is 6.26 Å². The lowest BCUT2D eigenvalue weighted by Crippen LogP contribution is -2.48. The number of carbonyl (C=O) groups excluding carboxylic acids is 1. The SMILES string of the molecule is CC(F)(C1CCN(C(=O)Nc2ccon2)CC1)S(=O)(=O)c1ccc(OC(F)F)nc1. The molecule has 9 nitrogen and oxygen atoms in total. The average Bonchev–Trinajstić information content (AvgIpc) is 3.21. The van der Waals surface area contributed by atoms with Crippen molar-refractivity contribution in [1.82, 2.24) is 15.0 Å². The third-order valence-corrected chi connectivity index (χ3v) is 7.19. The van der Waals surface area contributed by atoms with Crippen molar-refractivity contribution in [3.8, 4) is 5.88 Å². The number of alkyl halides is 3. The van der Waals surface area contributed by atoms with Gasteiger partial charge in [0.2, 0.25) is 20.7 Å². The maximum Gasteiger partial charge on any atom is 0.388 e. The molecule has 0 spiro atoms. The van der Waals surface area contributed by atoms with Gasteiger partial charge >= 0.3 is 12.6 Å². The lowest BCUT2D eigenvalue weighted by Gasteiger charge is -2.37. The van der Waals surface area contributed by atoms with E-state index in [1.54, 1.807) is 0 Å². The molecule has 13 heteroatoms. The van der Waals surface area contributed by atoms with E-state index in [0.29, 0.717) is 0 Å². The topological polar surface area (TPSA) is 115 Å². The molecular formula is C17H19F3N4O5S. The molecule has 30 heavy (non-hydrogen) atoms. The molecule has 0 bridgehead atoms. The highest BCUT2D eigenvalue weighted by atomic mass is 32.2. The predicted octanol–water partition coefficient (Wildman–Crippen LogP) is 3.07. The molecule has 1 saturated heterocycles. The molecule has 1 atom stereocenters. The Morgan fingerprint density at radius 3 is 2.57 bits per heavy atom. The lowest BCUT2D eigenvalue weighted by molar-refractivity contribution is -0.0529. The van der Waals surface area contributed by atoms with Gasteiger partial charge in [-0.05, 0) is 25.8 Å². The molecule has 1 aliphatic rings. The number of aromatic nitrogens is 2. The minimum atomic E-state index is -4.48. The fraction of sp³-hybridized carbons (Fsp3) is 0.471. The second-order valence-corrected chi connectivity index (χ2v) is 9.05. The Hall–Kier alpha value is -2.83. The van der Waals surface area contributed by atoms with E-state index in [4.69, 9.17) is 0 Å². The Kier molecular flexibility index (Phi) is 6.19. The number of rotatable bonds is 6. The molecule has 2 aromatic heterocycles. The van der Waals surface area contributed by atoms with Crippen molar-refractivity contribution >= 4 is 21.7 Å². The Morgan fingerprint density at radius 2 is 2.03 bits per heavy atom. The number of pyridine rings is 1. The molecule has 0 radical (unpaired) electrons. The number of piperidine rings is 1. The summed E-state index contributed by atoms with van der Waals surface area (Å²) in [5.74, 6) is -1.13. The summed E-state index contributed by atoms with van der Waals surface area (Å²) in [4.78, 5) is 16.7. The monoisotopic (exact) mass is 448 g/mol. The number of nitrogens with zero attached hydrogens (tertiary/aromatic N) is 3. The van der Waals surface area contributed by atoms with Crippen LogP contribution in [-0.2, 0) is 9.84 Å². The lowest BCUT2D eigenvalue weighted by atomic mass is 9.92. The van der Waals surface area contributed by atoms with Crippen LogP contribution in [0.2, 0.25) is 0 Å².